The standard InChI is InChI=1S/C21H27N7O4/c1-21(2)4-6-27(21)20(29)32-14-9-17(31-12-14)15-10-18(25-24-15)23-19-16-8-13(11-30-3)26-28(16)7-5-22-19/h5,7-8,10,14,17H,4,6,9,11-12H2,1-3H3,(H2,22,23,24,25)/t14-,17-/m1/s1. The maximum atomic E-state index is 12.4. The number of likely N-dealkylation sites (tertiary alicyclic amines) is 1. The average Bonchev–Trinajstić information content (AvgIpc) is 3.47. The fourth-order valence-electron chi connectivity index (χ4n) is 4.09. The van der Waals surface area contributed by atoms with Crippen molar-refractivity contribution < 1.29 is 19.0 Å². The third-order valence-corrected chi connectivity index (χ3v) is 6.05. The molecule has 0 aliphatic carbocycles. The predicted octanol–water partition coefficient (Wildman–Crippen LogP) is 2.79. The highest BCUT2D eigenvalue weighted by molar-refractivity contribution is 5.72. The zero-order valence-corrected chi connectivity index (χ0v) is 18.4. The Labute approximate surface area is 185 Å². The third-order valence-electron chi connectivity index (χ3n) is 6.05. The molecule has 1 amide bonds. The topological polar surface area (TPSA) is 119 Å². The molecule has 2 atom stereocenters. The number of amides is 1. The van der Waals surface area contributed by atoms with E-state index in [2.05, 4.69) is 25.6 Å². The second-order valence-corrected chi connectivity index (χ2v) is 8.79. The number of rotatable bonds is 6. The summed E-state index contributed by atoms with van der Waals surface area (Å²) in [7, 11) is 1.63. The molecular weight excluding hydrogens is 414 g/mol. The molecule has 2 saturated heterocycles. The lowest BCUT2D eigenvalue weighted by Gasteiger charge is -2.47. The van der Waals surface area contributed by atoms with Gasteiger partial charge in [-0.25, -0.2) is 14.3 Å². The number of aromatic nitrogens is 5. The number of H-pyrrole nitrogens is 1. The van der Waals surface area contributed by atoms with Crippen LogP contribution in [-0.2, 0) is 20.8 Å². The normalized spacial score (nSPS) is 22.2. The van der Waals surface area contributed by atoms with E-state index < -0.39 is 0 Å². The highest BCUT2D eigenvalue weighted by atomic mass is 16.6. The maximum absolute atomic E-state index is 12.4. The molecule has 32 heavy (non-hydrogen) atoms. The summed E-state index contributed by atoms with van der Waals surface area (Å²) < 4.78 is 18.4. The smallest absolute Gasteiger partial charge is 0.410 e. The molecule has 3 aromatic heterocycles. The van der Waals surface area contributed by atoms with E-state index in [1.165, 1.54) is 0 Å². The van der Waals surface area contributed by atoms with Gasteiger partial charge in [0.05, 0.1) is 24.6 Å². The predicted molar refractivity (Wildman–Crippen MR) is 115 cm³/mol. The van der Waals surface area contributed by atoms with Crippen LogP contribution in [0.5, 0.6) is 0 Å². The number of anilines is 2. The van der Waals surface area contributed by atoms with Crippen LogP contribution in [-0.4, -0.2) is 67.7 Å². The van der Waals surface area contributed by atoms with E-state index in [1.807, 2.05) is 26.0 Å². The average molecular weight is 441 g/mol. The van der Waals surface area contributed by atoms with Gasteiger partial charge in [-0.05, 0) is 26.3 Å². The van der Waals surface area contributed by atoms with Crippen molar-refractivity contribution in [3.63, 3.8) is 0 Å². The number of carbonyl (C=O) groups is 1. The number of ether oxygens (including phenoxy) is 3. The summed E-state index contributed by atoms with van der Waals surface area (Å²) in [5, 5.41) is 15.0. The van der Waals surface area contributed by atoms with E-state index in [4.69, 9.17) is 14.2 Å². The highest BCUT2D eigenvalue weighted by Crippen LogP contribution is 2.34. The molecule has 2 aliphatic rings. The van der Waals surface area contributed by atoms with E-state index in [9.17, 15) is 4.79 Å². The lowest BCUT2D eigenvalue weighted by molar-refractivity contribution is -0.0131. The maximum Gasteiger partial charge on any atom is 0.410 e. The van der Waals surface area contributed by atoms with Crippen LogP contribution in [0.2, 0.25) is 0 Å². The van der Waals surface area contributed by atoms with Crippen LogP contribution in [0.4, 0.5) is 16.4 Å². The van der Waals surface area contributed by atoms with Crippen LogP contribution in [0.1, 0.15) is 44.2 Å². The Bertz CT molecular complexity index is 1120. The molecule has 0 spiro atoms. The number of nitrogens with zero attached hydrogens (tertiary/aromatic N) is 5. The van der Waals surface area contributed by atoms with Gasteiger partial charge < -0.3 is 24.4 Å². The van der Waals surface area contributed by atoms with E-state index >= 15 is 0 Å². The second-order valence-electron chi connectivity index (χ2n) is 8.79. The number of hydrogen-bond donors (Lipinski definition) is 2. The van der Waals surface area contributed by atoms with Crippen LogP contribution >= 0.6 is 0 Å². The number of aromatic amines is 1. The molecule has 0 radical (unpaired) electrons. The van der Waals surface area contributed by atoms with E-state index in [0.29, 0.717) is 31.3 Å². The highest BCUT2D eigenvalue weighted by Gasteiger charge is 2.42. The molecule has 2 fully saturated rings. The van der Waals surface area contributed by atoms with E-state index in [1.54, 1.807) is 28.9 Å². The van der Waals surface area contributed by atoms with Crippen LogP contribution in [0, 0.1) is 0 Å². The van der Waals surface area contributed by atoms with Crippen LogP contribution in [0.25, 0.3) is 5.52 Å². The lowest BCUT2D eigenvalue weighted by Crippen LogP contribution is -2.58. The first kappa shape index (κ1) is 20.7. The van der Waals surface area contributed by atoms with Crippen molar-refractivity contribution in [3.8, 4) is 0 Å². The van der Waals surface area contributed by atoms with Gasteiger partial charge in [-0.1, -0.05) is 0 Å². The first-order chi connectivity index (χ1) is 15.4. The molecule has 5 rings (SSSR count). The fourth-order valence-corrected chi connectivity index (χ4v) is 4.09. The molecule has 2 aliphatic heterocycles. The Hall–Kier alpha value is -3.18. The zero-order valence-electron chi connectivity index (χ0n) is 18.4. The van der Waals surface area contributed by atoms with Crippen LogP contribution in [0.3, 0.4) is 0 Å². The number of hydrogen-bond acceptors (Lipinski definition) is 8. The van der Waals surface area contributed by atoms with Gasteiger partial charge in [0, 0.05) is 44.1 Å². The fraction of sp³-hybridized carbons (Fsp3) is 0.524. The van der Waals surface area contributed by atoms with Gasteiger partial charge in [-0.15, -0.1) is 0 Å². The first-order valence-electron chi connectivity index (χ1n) is 10.7. The summed E-state index contributed by atoms with van der Waals surface area (Å²) in [6.45, 7) is 5.62. The molecule has 0 aromatic carbocycles. The number of nitrogens with one attached hydrogen (secondary N) is 2. The van der Waals surface area contributed by atoms with Crippen LogP contribution in [0.15, 0.2) is 24.5 Å². The molecule has 0 bridgehead atoms. The molecule has 3 aromatic rings. The molecule has 0 saturated carbocycles. The van der Waals surface area contributed by atoms with Crippen molar-refractivity contribution in [3.05, 3.63) is 35.9 Å². The van der Waals surface area contributed by atoms with Crippen molar-refractivity contribution in [2.24, 2.45) is 0 Å². The van der Waals surface area contributed by atoms with Gasteiger partial charge in [0.2, 0.25) is 0 Å². The van der Waals surface area contributed by atoms with Gasteiger partial charge in [-0.3, -0.25) is 5.10 Å². The Balaban J connectivity index is 1.22. The van der Waals surface area contributed by atoms with Gasteiger partial charge in [0.1, 0.15) is 17.7 Å². The summed E-state index contributed by atoms with van der Waals surface area (Å²) >= 11 is 0. The molecule has 11 nitrogen and oxygen atoms in total. The Morgan fingerprint density at radius 1 is 1.41 bits per heavy atom. The number of fused-ring (bicyclic) bond motifs is 1. The van der Waals surface area contributed by atoms with Gasteiger partial charge in [-0.2, -0.15) is 10.2 Å². The van der Waals surface area contributed by atoms with Gasteiger partial charge >= 0.3 is 6.09 Å². The van der Waals surface area contributed by atoms with Crippen molar-refractivity contribution >= 4 is 23.2 Å². The van der Waals surface area contributed by atoms with Crippen LogP contribution < -0.4 is 5.32 Å². The first-order valence-corrected chi connectivity index (χ1v) is 10.7. The van der Waals surface area contributed by atoms with E-state index in [-0.39, 0.29) is 23.8 Å². The monoisotopic (exact) mass is 441 g/mol. The molecular formula is C21H27N7O4. The summed E-state index contributed by atoms with van der Waals surface area (Å²) in [6, 6.07) is 3.80. The molecule has 170 valence electrons. The van der Waals surface area contributed by atoms with Crippen molar-refractivity contribution in [2.45, 2.75) is 51.0 Å². The van der Waals surface area contributed by atoms with Crippen molar-refractivity contribution in [1.29, 1.82) is 0 Å². The SMILES string of the molecule is COCc1cc2c(Nc3cc([C@H]4C[C@@H](OC(=O)N5CCC5(C)C)CO4)[nH]n3)nccn2n1. The number of methoxy groups -OCH3 is 1. The summed E-state index contributed by atoms with van der Waals surface area (Å²) in [5.41, 5.74) is 2.32. The molecule has 5 heterocycles. The minimum Gasteiger partial charge on any atom is -0.444 e. The molecule has 11 heteroatoms. The van der Waals surface area contributed by atoms with E-state index in [0.717, 1.165) is 29.9 Å². The Morgan fingerprint density at radius 3 is 3.03 bits per heavy atom. The minimum absolute atomic E-state index is 0.128. The van der Waals surface area contributed by atoms with Gasteiger partial charge in [0.25, 0.3) is 0 Å². The summed E-state index contributed by atoms with van der Waals surface area (Å²) in [6.07, 6.45) is 4.27. The minimum atomic E-state index is -0.273. The molecule has 2 N–H and O–H groups in total. The zero-order chi connectivity index (χ0) is 22.3. The van der Waals surface area contributed by atoms with Gasteiger partial charge in [0.15, 0.2) is 11.6 Å². The molecule has 0 unspecified atom stereocenters. The third kappa shape index (κ3) is 3.89. The summed E-state index contributed by atoms with van der Waals surface area (Å²) in [5.74, 6) is 1.25. The summed E-state index contributed by atoms with van der Waals surface area (Å²) in [4.78, 5) is 18.6. The second kappa shape index (κ2) is 8.06. The van der Waals surface area contributed by atoms with Crippen molar-refractivity contribution in [1.82, 2.24) is 29.7 Å². The number of carbonyl (C=O) groups excluding carboxylic acids is 1. The largest absolute Gasteiger partial charge is 0.444 e. The Kier molecular flexibility index (Phi) is 5.22. The quantitative estimate of drug-likeness (QED) is 0.599. The lowest BCUT2D eigenvalue weighted by atomic mass is 9.90. The Morgan fingerprint density at radius 2 is 2.28 bits per heavy atom. The van der Waals surface area contributed by atoms with Crippen molar-refractivity contribution in [2.75, 3.05) is 25.6 Å².